The van der Waals surface area contributed by atoms with Gasteiger partial charge < -0.3 is 20.1 Å². The van der Waals surface area contributed by atoms with E-state index < -0.39 is 23.8 Å². The molecule has 0 aromatic heterocycles. The van der Waals surface area contributed by atoms with Crippen LogP contribution in [0.15, 0.2) is 54.6 Å². The molecule has 0 radical (unpaired) electrons. The monoisotopic (exact) mass is 478 g/mol. The number of hydrogen-bond donors (Lipinski definition) is 2. The lowest BCUT2D eigenvalue weighted by Gasteiger charge is -2.32. The highest BCUT2D eigenvalue weighted by Crippen LogP contribution is 2.44. The van der Waals surface area contributed by atoms with Crippen LogP contribution in [0, 0.1) is 23.7 Å². The zero-order valence-corrected chi connectivity index (χ0v) is 20.4. The smallest absolute Gasteiger partial charge is 0.310 e. The van der Waals surface area contributed by atoms with Gasteiger partial charge in [-0.15, -0.1) is 0 Å². The number of carbonyl (C=O) groups excluding carboxylic acids is 3. The number of aliphatic hydroxyl groups is 1. The molecular weight excluding hydrogens is 444 g/mol. The summed E-state index contributed by atoms with van der Waals surface area (Å²) in [4.78, 5) is 41.8. The van der Waals surface area contributed by atoms with E-state index in [-0.39, 0.29) is 36.9 Å². The van der Waals surface area contributed by atoms with Crippen molar-refractivity contribution in [1.82, 2.24) is 4.90 Å². The summed E-state index contributed by atoms with van der Waals surface area (Å²) in [6.45, 7) is 4.40. The maximum absolute atomic E-state index is 13.7. The molecule has 1 fully saturated rings. The predicted molar refractivity (Wildman–Crippen MR) is 134 cm³/mol. The maximum atomic E-state index is 13.7. The molecule has 0 saturated carbocycles. The number of rotatable bonds is 9. The fourth-order valence-electron chi connectivity index (χ4n) is 5.48. The first-order chi connectivity index (χ1) is 17.0. The molecule has 0 bridgehead atoms. The van der Waals surface area contributed by atoms with Crippen LogP contribution in [0.2, 0.25) is 0 Å². The van der Waals surface area contributed by atoms with Gasteiger partial charge in [-0.1, -0.05) is 49.4 Å². The van der Waals surface area contributed by atoms with Crippen molar-refractivity contribution in [3.63, 3.8) is 0 Å². The quantitative estimate of drug-likeness (QED) is 0.325. The van der Waals surface area contributed by atoms with E-state index in [1.807, 2.05) is 61.5 Å². The van der Waals surface area contributed by atoms with Crippen LogP contribution in [-0.2, 0) is 19.1 Å². The maximum Gasteiger partial charge on any atom is 0.310 e. The summed E-state index contributed by atoms with van der Waals surface area (Å²) in [6, 6.07) is 12.9. The molecule has 35 heavy (non-hydrogen) atoms. The Morgan fingerprint density at radius 1 is 1.06 bits per heavy atom. The molecule has 7 nitrogen and oxygen atoms in total. The van der Waals surface area contributed by atoms with Crippen LogP contribution in [-0.4, -0.2) is 53.6 Å². The van der Waals surface area contributed by atoms with Gasteiger partial charge in [-0.3, -0.25) is 14.4 Å². The first kappa shape index (κ1) is 24.9. The normalized spacial score (nSPS) is 25.5. The highest BCUT2D eigenvalue weighted by Gasteiger charge is 2.56. The molecule has 1 heterocycles. The molecule has 1 aliphatic carbocycles. The van der Waals surface area contributed by atoms with Crippen molar-refractivity contribution < 1.29 is 24.2 Å². The highest BCUT2D eigenvalue weighted by atomic mass is 16.5. The summed E-state index contributed by atoms with van der Waals surface area (Å²) < 4.78 is 5.32. The average Bonchev–Trinajstić information content (AvgIpc) is 3.13. The van der Waals surface area contributed by atoms with Gasteiger partial charge in [-0.05, 0) is 55.0 Å². The number of likely N-dealkylation sites (tertiary alicyclic amines) is 1. The number of nitrogens with zero attached hydrogens (tertiary/aromatic N) is 1. The second-order valence-electron chi connectivity index (χ2n) is 9.44. The first-order valence-corrected chi connectivity index (χ1v) is 12.5. The molecule has 5 atom stereocenters. The summed E-state index contributed by atoms with van der Waals surface area (Å²) in [7, 11) is 0. The summed E-state index contributed by atoms with van der Waals surface area (Å²) in [5.74, 6) is -2.63. The zero-order chi connectivity index (χ0) is 24.9. The van der Waals surface area contributed by atoms with E-state index in [4.69, 9.17) is 9.84 Å². The summed E-state index contributed by atoms with van der Waals surface area (Å²) >= 11 is 0. The SMILES string of the molecule is CCOC(=O)[C@H]1[C@H]2C(=O)N(CCCCCO)[C@H](C(=O)Nc3ccc4ccccc4c3)[C@H]2C=C[C@H]1C. The Morgan fingerprint density at radius 2 is 1.83 bits per heavy atom. The third kappa shape index (κ3) is 5.10. The summed E-state index contributed by atoms with van der Waals surface area (Å²) in [6.07, 6.45) is 5.94. The largest absolute Gasteiger partial charge is 0.466 e. The van der Waals surface area contributed by atoms with E-state index in [0.717, 1.165) is 17.2 Å². The molecule has 2 N–H and O–H groups in total. The Labute approximate surface area is 206 Å². The Bertz CT molecular complexity index is 1110. The molecular formula is C28H34N2O5. The van der Waals surface area contributed by atoms with Gasteiger partial charge >= 0.3 is 5.97 Å². The Kier molecular flexibility index (Phi) is 7.86. The number of unbranched alkanes of at least 4 members (excludes halogenated alkanes) is 2. The predicted octanol–water partition coefficient (Wildman–Crippen LogP) is 3.77. The molecule has 2 aromatic carbocycles. The second kappa shape index (κ2) is 11.0. The van der Waals surface area contributed by atoms with Gasteiger partial charge in [0.25, 0.3) is 0 Å². The molecule has 0 spiro atoms. The van der Waals surface area contributed by atoms with E-state index in [1.54, 1.807) is 11.8 Å². The van der Waals surface area contributed by atoms with Crippen molar-refractivity contribution in [1.29, 1.82) is 0 Å². The summed E-state index contributed by atoms with van der Waals surface area (Å²) in [5, 5.41) is 14.2. The number of anilines is 1. The number of hydrogen-bond acceptors (Lipinski definition) is 5. The van der Waals surface area contributed by atoms with Gasteiger partial charge in [0, 0.05) is 24.8 Å². The van der Waals surface area contributed by atoms with Crippen LogP contribution < -0.4 is 5.32 Å². The minimum Gasteiger partial charge on any atom is -0.466 e. The van der Waals surface area contributed by atoms with E-state index >= 15 is 0 Å². The average molecular weight is 479 g/mol. The molecule has 1 saturated heterocycles. The summed E-state index contributed by atoms with van der Waals surface area (Å²) in [5.41, 5.74) is 0.667. The fraction of sp³-hybridized carbons (Fsp3) is 0.464. The van der Waals surface area contributed by atoms with Crippen molar-refractivity contribution in [3.8, 4) is 0 Å². The van der Waals surface area contributed by atoms with Crippen LogP contribution in [0.3, 0.4) is 0 Å². The molecule has 2 aliphatic rings. The van der Waals surface area contributed by atoms with Gasteiger partial charge in [-0.2, -0.15) is 0 Å². The lowest BCUT2D eigenvalue weighted by atomic mass is 9.70. The number of benzene rings is 2. The number of allylic oxidation sites excluding steroid dienone is 1. The molecule has 2 amide bonds. The lowest BCUT2D eigenvalue weighted by Crippen LogP contribution is -2.44. The van der Waals surface area contributed by atoms with Crippen molar-refractivity contribution in [2.75, 3.05) is 25.1 Å². The van der Waals surface area contributed by atoms with Crippen LogP contribution in [0.4, 0.5) is 5.69 Å². The third-order valence-electron chi connectivity index (χ3n) is 7.18. The van der Waals surface area contributed by atoms with Crippen molar-refractivity contribution in [2.45, 2.75) is 39.2 Å². The molecule has 4 rings (SSSR count). The number of carbonyl (C=O) groups is 3. The van der Waals surface area contributed by atoms with Crippen LogP contribution in [0.5, 0.6) is 0 Å². The minimum absolute atomic E-state index is 0.0935. The standard InChI is InChI=1S/C28H34N2O5/c1-3-35-28(34)23-18(2)11-14-22-24(23)27(33)30(15-7-4-8-16-31)25(22)26(32)29-21-13-12-19-9-5-6-10-20(19)17-21/h5-6,9-14,17-18,22-25,31H,3-4,7-8,15-16H2,1-2H3,(H,29,32)/t18-,22+,23-,24+,25+/m1/s1. The van der Waals surface area contributed by atoms with E-state index in [1.165, 1.54) is 0 Å². The Balaban J connectivity index is 1.62. The lowest BCUT2D eigenvalue weighted by molar-refractivity contribution is -0.155. The highest BCUT2D eigenvalue weighted by molar-refractivity contribution is 6.02. The van der Waals surface area contributed by atoms with Gasteiger partial charge in [0.1, 0.15) is 6.04 Å². The number of fused-ring (bicyclic) bond motifs is 2. The van der Waals surface area contributed by atoms with Crippen molar-refractivity contribution >= 4 is 34.2 Å². The minimum atomic E-state index is -0.714. The van der Waals surface area contributed by atoms with Crippen LogP contribution in [0.25, 0.3) is 10.8 Å². The van der Waals surface area contributed by atoms with Gasteiger partial charge in [-0.25, -0.2) is 0 Å². The van der Waals surface area contributed by atoms with Gasteiger partial charge in [0.15, 0.2) is 0 Å². The van der Waals surface area contributed by atoms with Crippen molar-refractivity contribution in [2.24, 2.45) is 23.7 Å². The van der Waals surface area contributed by atoms with Gasteiger partial charge in [0.2, 0.25) is 11.8 Å². The van der Waals surface area contributed by atoms with Crippen molar-refractivity contribution in [3.05, 3.63) is 54.6 Å². The number of esters is 1. The van der Waals surface area contributed by atoms with E-state index in [9.17, 15) is 14.4 Å². The van der Waals surface area contributed by atoms with Crippen LogP contribution >= 0.6 is 0 Å². The number of amides is 2. The number of aliphatic hydroxyl groups excluding tert-OH is 1. The fourth-order valence-corrected chi connectivity index (χ4v) is 5.48. The van der Waals surface area contributed by atoms with Gasteiger partial charge in [0.05, 0.1) is 18.4 Å². The van der Waals surface area contributed by atoms with E-state index in [0.29, 0.717) is 25.1 Å². The number of nitrogens with one attached hydrogen (secondary N) is 1. The first-order valence-electron chi connectivity index (χ1n) is 12.5. The molecule has 186 valence electrons. The Morgan fingerprint density at radius 3 is 2.57 bits per heavy atom. The number of ether oxygens (including phenoxy) is 1. The van der Waals surface area contributed by atoms with Crippen LogP contribution in [0.1, 0.15) is 33.1 Å². The molecule has 1 aliphatic heterocycles. The molecule has 7 heteroatoms. The third-order valence-corrected chi connectivity index (χ3v) is 7.18. The second-order valence-corrected chi connectivity index (χ2v) is 9.44. The molecule has 0 unspecified atom stereocenters. The Hall–Kier alpha value is -3.19. The zero-order valence-electron chi connectivity index (χ0n) is 20.4. The van der Waals surface area contributed by atoms with E-state index in [2.05, 4.69) is 5.32 Å². The topological polar surface area (TPSA) is 95.9 Å². The molecule has 2 aromatic rings.